The van der Waals surface area contributed by atoms with Crippen LogP contribution in [-0.2, 0) is 6.42 Å². The molecule has 0 heterocycles. The van der Waals surface area contributed by atoms with Crippen LogP contribution in [0.15, 0.2) is 6.07 Å². The zero-order valence-electron chi connectivity index (χ0n) is 8.94. The van der Waals surface area contributed by atoms with Crippen molar-refractivity contribution in [3.63, 3.8) is 0 Å². The van der Waals surface area contributed by atoms with Crippen LogP contribution in [0.3, 0.4) is 0 Å². The molecule has 0 saturated carbocycles. The topological polar surface area (TPSA) is 35.2 Å². The van der Waals surface area contributed by atoms with Gasteiger partial charge in [-0.3, -0.25) is 0 Å². The Morgan fingerprint density at radius 3 is 2.73 bits per heavy atom. The van der Waals surface area contributed by atoms with Crippen LogP contribution in [0.4, 0.5) is 4.39 Å². The quantitative estimate of drug-likeness (QED) is 0.865. The minimum absolute atomic E-state index is 0.128. The predicted molar refractivity (Wildman–Crippen MR) is 60.1 cm³/mol. The van der Waals surface area contributed by atoms with Crippen molar-refractivity contribution in [3.8, 4) is 5.75 Å². The summed E-state index contributed by atoms with van der Waals surface area (Å²) in [6, 6.07) is 1.75. The highest BCUT2D eigenvalue weighted by atomic mass is 35.5. The van der Waals surface area contributed by atoms with Crippen LogP contribution in [0, 0.1) is 12.7 Å². The molecule has 1 rings (SSSR count). The Balaban J connectivity index is 3.12. The summed E-state index contributed by atoms with van der Waals surface area (Å²) in [6.07, 6.45) is 1.36. The van der Waals surface area contributed by atoms with Crippen molar-refractivity contribution in [1.82, 2.24) is 0 Å². The third-order valence-electron chi connectivity index (χ3n) is 2.27. The molecule has 0 aliphatic carbocycles. The van der Waals surface area contributed by atoms with Gasteiger partial charge in [-0.05, 0) is 37.4 Å². The Kier molecular flexibility index (Phi) is 4.36. The molecule has 1 aromatic rings. The highest BCUT2D eigenvalue weighted by Gasteiger charge is 2.15. The molecular weight excluding hydrogens is 217 g/mol. The summed E-state index contributed by atoms with van der Waals surface area (Å²) in [6.45, 7) is 2.37. The molecule has 0 fully saturated rings. The lowest BCUT2D eigenvalue weighted by atomic mass is 10.1. The molecule has 0 spiro atoms. The monoisotopic (exact) mass is 231 g/mol. The van der Waals surface area contributed by atoms with Gasteiger partial charge in [-0.15, -0.1) is 0 Å². The first-order valence-electron chi connectivity index (χ1n) is 4.83. The largest absolute Gasteiger partial charge is 0.492 e. The summed E-state index contributed by atoms with van der Waals surface area (Å²) in [5, 5.41) is 0.339. The third-order valence-corrected chi connectivity index (χ3v) is 2.74. The Hall–Kier alpha value is -0.800. The minimum Gasteiger partial charge on any atom is -0.492 e. The summed E-state index contributed by atoms with van der Waals surface area (Å²) >= 11 is 5.91. The van der Waals surface area contributed by atoms with Gasteiger partial charge < -0.3 is 10.5 Å². The van der Waals surface area contributed by atoms with E-state index in [-0.39, 0.29) is 11.6 Å². The summed E-state index contributed by atoms with van der Waals surface area (Å²) in [7, 11) is 1.41. The average molecular weight is 232 g/mol. The van der Waals surface area contributed by atoms with Gasteiger partial charge in [0.2, 0.25) is 0 Å². The van der Waals surface area contributed by atoms with Crippen molar-refractivity contribution in [2.45, 2.75) is 19.8 Å². The molecule has 0 bridgehead atoms. The number of halogens is 2. The van der Waals surface area contributed by atoms with Crippen molar-refractivity contribution >= 4 is 11.6 Å². The van der Waals surface area contributed by atoms with E-state index in [0.29, 0.717) is 23.6 Å². The smallest absolute Gasteiger partial charge is 0.173 e. The summed E-state index contributed by atoms with van der Waals surface area (Å²) in [4.78, 5) is 0. The Bertz CT molecular complexity index is 355. The maximum absolute atomic E-state index is 13.8. The zero-order valence-corrected chi connectivity index (χ0v) is 9.70. The molecule has 0 aromatic heterocycles. The van der Waals surface area contributed by atoms with Crippen LogP contribution < -0.4 is 10.5 Å². The van der Waals surface area contributed by atoms with Gasteiger partial charge in [0.05, 0.1) is 12.1 Å². The molecule has 1 aromatic carbocycles. The highest BCUT2D eigenvalue weighted by molar-refractivity contribution is 6.32. The fraction of sp³-hybridized carbons (Fsp3) is 0.455. The lowest BCUT2D eigenvalue weighted by molar-refractivity contribution is 0.384. The van der Waals surface area contributed by atoms with Gasteiger partial charge in [0.25, 0.3) is 0 Å². The van der Waals surface area contributed by atoms with E-state index < -0.39 is 0 Å². The standard InChI is InChI=1S/C11H15ClFNO/c1-7-6-8(4-3-5-14)10(13)11(15-2)9(7)12/h6H,3-5,14H2,1-2H3. The lowest BCUT2D eigenvalue weighted by Gasteiger charge is -2.11. The number of aryl methyl sites for hydroxylation is 2. The first kappa shape index (κ1) is 12.3. The molecule has 0 unspecified atom stereocenters. The second kappa shape index (κ2) is 5.33. The van der Waals surface area contributed by atoms with Crippen molar-refractivity contribution < 1.29 is 9.13 Å². The first-order valence-corrected chi connectivity index (χ1v) is 5.21. The van der Waals surface area contributed by atoms with E-state index in [0.717, 1.165) is 12.0 Å². The molecule has 84 valence electrons. The number of nitrogens with two attached hydrogens (primary N) is 1. The van der Waals surface area contributed by atoms with Crippen LogP contribution in [0.5, 0.6) is 5.75 Å². The second-order valence-corrected chi connectivity index (χ2v) is 3.78. The van der Waals surface area contributed by atoms with Crippen molar-refractivity contribution in [3.05, 3.63) is 28.0 Å². The van der Waals surface area contributed by atoms with Crippen LogP contribution in [0.2, 0.25) is 5.02 Å². The van der Waals surface area contributed by atoms with Crippen LogP contribution in [0.25, 0.3) is 0 Å². The van der Waals surface area contributed by atoms with Gasteiger partial charge in [0.15, 0.2) is 11.6 Å². The maximum atomic E-state index is 13.8. The fourth-order valence-electron chi connectivity index (χ4n) is 1.46. The predicted octanol–water partition coefficient (Wildman–Crippen LogP) is 2.69. The SMILES string of the molecule is COc1c(F)c(CCCN)cc(C)c1Cl. The second-order valence-electron chi connectivity index (χ2n) is 3.41. The maximum Gasteiger partial charge on any atom is 0.173 e. The van der Waals surface area contributed by atoms with Gasteiger partial charge in [-0.2, -0.15) is 0 Å². The van der Waals surface area contributed by atoms with E-state index in [2.05, 4.69) is 0 Å². The minimum atomic E-state index is -0.374. The van der Waals surface area contributed by atoms with Crippen LogP contribution in [-0.4, -0.2) is 13.7 Å². The van der Waals surface area contributed by atoms with Crippen LogP contribution in [0.1, 0.15) is 17.5 Å². The van der Waals surface area contributed by atoms with Gasteiger partial charge in [0, 0.05) is 0 Å². The molecule has 15 heavy (non-hydrogen) atoms. The van der Waals surface area contributed by atoms with E-state index in [1.54, 1.807) is 6.07 Å². The van der Waals surface area contributed by atoms with Gasteiger partial charge in [-0.1, -0.05) is 17.7 Å². The Labute approximate surface area is 94.2 Å². The van der Waals surface area contributed by atoms with Crippen molar-refractivity contribution in [1.29, 1.82) is 0 Å². The van der Waals surface area contributed by atoms with Crippen LogP contribution >= 0.6 is 11.6 Å². The number of hydrogen-bond acceptors (Lipinski definition) is 2. The number of rotatable bonds is 4. The summed E-state index contributed by atoms with van der Waals surface area (Å²) in [5.41, 5.74) is 6.82. The fourth-order valence-corrected chi connectivity index (χ4v) is 1.68. The Morgan fingerprint density at radius 2 is 2.20 bits per heavy atom. The lowest BCUT2D eigenvalue weighted by Crippen LogP contribution is -2.03. The molecule has 0 aliphatic rings. The van der Waals surface area contributed by atoms with Gasteiger partial charge in [-0.25, -0.2) is 4.39 Å². The number of methoxy groups -OCH3 is 1. The molecule has 0 atom stereocenters. The zero-order chi connectivity index (χ0) is 11.4. The molecular formula is C11H15ClFNO. The number of benzene rings is 1. The summed E-state index contributed by atoms with van der Waals surface area (Å²) < 4.78 is 18.7. The molecule has 0 saturated heterocycles. The molecule has 0 aliphatic heterocycles. The summed E-state index contributed by atoms with van der Waals surface area (Å²) in [5.74, 6) is -0.245. The molecule has 0 amide bonds. The van der Waals surface area contributed by atoms with Crippen molar-refractivity contribution in [2.24, 2.45) is 5.73 Å². The molecule has 4 heteroatoms. The molecule has 2 nitrogen and oxygen atoms in total. The Morgan fingerprint density at radius 1 is 1.53 bits per heavy atom. The van der Waals surface area contributed by atoms with Gasteiger partial charge >= 0.3 is 0 Å². The van der Waals surface area contributed by atoms with Gasteiger partial charge in [0.1, 0.15) is 0 Å². The third kappa shape index (κ3) is 2.61. The van der Waals surface area contributed by atoms with E-state index in [9.17, 15) is 4.39 Å². The van der Waals surface area contributed by atoms with Crippen molar-refractivity contribution in [2.75, 3.05) is 13.7 Å². The van der Waals surface area contributed by atoms with E-state index in [1.807, 2.05) is 6.92 Å². The number of hydrogen-bond donors (Lipinski definition) is 1. The number of ether oxygens (including phenoxy) is 1. The van der Waals surface area contributed by atoms with E-state index >= 15 is 0 Å². The van der Waals surface area contributed by atoms with E-state index in [1.165, 1.54) is 7.11 Å². The molecule has 2 N–H and O–H groups in total. The highest BCUT2D eigenvalue weighted by Crippen LogP contribution is 2.33. The molecule has 0 radical (unpaired) electrons. The van der Waals surface area contributed by atoms with E-state index in [4.69, 9.17) is 22.1 Å². The average Bonchev–Trinajstić information content (AvgIpc) is 2.22. The first-order chi connectivity index (χ1) is 7.11. The normalized spacial score (nSPS) is 10.5.